The van der Waals surface area contributed by atoms with Crippen molar-refractivity contribution in [2.45, 2.75) is 25.4 Å². The summed E-state index contributed by atoms with van der Waals surface area (Å²) in [5.41, 5.74) is 2.84. The molecular formula is C24H34N4O2. The van der Waals surface area contributed by atoms with Crippen molar-refractivity contribution in [2.75, 3.05) is 51.6 Å². The maximum absolute atomic E-state index is 12.5. The first kappa shape index (κ1) is 22.3. The van der Waals surface area contributed by atoms with E-state index < -0.39 is 0 Å². The first-order chi connectivity index (χ1) is 14.8. The number of carbonyl (C=O) groups is 1. The third-order valence-electron chi connectivity index (χ3n) is 5.44. The van der Waals surface area contributed by atoms with E-state index in [9.17, 15) is 4.79 Å². The summed E-state index contributed by atoms with van der Waals surface area (Å²) in [7, 11) is 1.97. The molecule has 0 aromatic heterocycles. The van der Waals surface area contributed by atoms with Gasteiger partial charge in [0.2, 0.25) is 0 Å². The number of anilines is 1. The van der Waals surface area contributed by atoms with Gasteiger partial charge in [-0.15, -0.1) is 0 Å². The highest BCUT2D eigenvalue weighted by Crippen LogP contribution is 2.28. The van der Waals surface area contributed by atoms with Gasteiger partial charge in [0.05, 0.1) is 5.69 Å². The van der Waals surface area contributed by atoms with Crippen LogP contribution in [0.15, 0.2) is 54.6 Å². The molecule has 1 amide bonds. The summed E-state index contributed by atoms with van der Waals surface area (Å²) in [5.74, 6) is 0. The molecule has 2 aromatic carbocycles. The minimum Gasteiger partial charge on any atom is -0.446 e. The lowest BCUT2D eigenvalue weighted by atomic mass is 10.0. The van der Waals surface area contributed by atoms with Crippen LogP contribution in [0.25, 0.3) is 11.1 Å². The molecule has 1 aliphatic rings. The number of likely N-dealkylation sites (tertiary alicyclic amines) is 1. The SMILES string of the molecule is CNCCNCCCN1CCC(OC(=O)Nc2ccccc2-c2ccccc2)CC1. The van der Waals surface area contributed by atoms with Crippen LogP contribution in [0.5, 0.6) is 0 Å². The number of para-hydroxylation sites is 1. The Morgan fingerprint density at radius 2 is 1.73 bits per heavy atom. The molecule has 3 rings (SSSR count). The van der Waals surface area contributed by atoms with Gasteiger partial charge in [0.15, 0.2) is 0 Å². The second kappa shape index (κ2) is 12.3. The Balaban J connectivity index is 1.40. The van der Waals surface area contributed by atoms with Crippen molar-refractivity contribution < 1.29 is 9.53 Å². The highest BCUT2D eigenvalue weighted by molar-refractivity contribution is 5.91. The van der Waals surface area contributed by atoms with E-state index in [0.29, 0.717) is 0 Å². The highest BCUT2D eigenvalue weighted by atomic mass is 16.6. The molecule has 0 atom stereocenters. The first-order valence-corrected chi connectivity index (χ1v) is 11.0. The average Bonchev–Trinajstić information content (AvgIpc) is 2.78. The fourth-order valence-corrected chi connectivity index (χ4v) is 3.77. The molecular weight excluding hydrogens is 376 g/mol. The van der Waals surface area contributed by atoms with Gasteiger partial charge in [-0.3, -0.25) is 5.32 Å². The maximum Gasteiger partial charge on any atom is 0.411 e. The van der Waals surface area contributed by atoms with Crippen LogP contribution >= 0.6 is 0 Å². The minimum absolute atomic E-state index is 0.0149. The molecule has 1 saturated heterocycles. The number of benzene rings is 2. The summed E-state index contributed by atoms with van der Waals surface area (Å²) < 4.78 is 5.71. The van der Waals surface area contributed by atoms with Gasteiger partial charge in [-0.05, 0) is 51.0 Å². The van der Waals surface area contributed by atoms with Gasteiger partial charge in [-0.1, -0.05) is 48.5 Å². The van der Waals surface area contributed by atoms with Crippen LogP contribution in [0.1, 0.15) is 19.3 Å². The number of nitrogens with zero attached hydrogens (tertiary/aromatic N) is 1. The molecule has 0 aliphatic carbocycles. The van der Waals surface area contributed by atoms with Crippen LogP contribution in [0, 0.1) is 0 Å². The molecule has 162 valence electrons. The number of ether oxygens (including phenoxy) is 1. The molecule has 0 saturated carbocycles. The van der Waals surface area contributed by atoms with E-state index in [1.165, 1.54) is 0 Å². The number of nitrogens with one attached hydrogen (secondary N) is 3. The molecule has 0 unspecified atom stereocenters. The molecule has 1 heterocycles. The highest BCUT2D eigenvalue weighted by Gasteiger charge is 2.22. The third-order valence-corrected chi connectivity index (χ3v) is 5.44. The van der Waals surface area contributed by atoms with Crippen molar-refractivity contribution in [3.8, 4) is 11.1 Å². The van der Waals surface area contributed by atoms with Gasteiger partial charge in [0.1, 0.15) is 6.10 Å². The standard InChI is InChI=1S/C24H34N4O2/c1-25-15-16-26-14-7-17-28-18-12-21(13-19-28)30-24(29)27-23-11-6-5-10-22(23)20-8-3-2-4-9-20/h2-6,8-11,21,25-26H,7,12-19H2,1H3,(H,27,29). The molecule has 1 aliphatic heterocycles. The van der Waals surface area contributed by atoms with Crippen LogP contribution in [0.4, 0.5) is 10.5 Å². The predicted molar refractivity (Wildman–Crippen MR) is 123 cm³/mol. The van der Waals surface area contributed by atoms with Crippen LogP contribution in [-0.4, -0.2) is 63.4 Å². The van der Waals surface area contributed by atoms with E-state index in [2.05, 4.69) is 20.9 Å². The minimum atomic E-state index is -0.370. The lowest BCUT2D eigenvalue weighted by Gasteiger charge is -2.31. The molecule has 6 nitrogen and oxygen atoms in total. The Hall–Kier alpha value is -2.41. The summed E-state index contributed by atoms with van der Waals surface area (Å²) >= 11 is 0. The van der Waals surface area contributed by atoms with Gasteiger partial charge in [-0.25, -0.2) is 4.79 Å². The molecule has 0 bridgehead atoms. The summed E-state index contributed by atoms with van der Waals surface area (Å²) in [6.45, 7) is 6.11. The average molecular weight is 411 g/mol. The molecule has 2 aromatic rings. The second-order valence-corrected chi connectivity index (χ2v) is 7.69. The molecule has 1 fully saturated rings. The molecule has 3 N–H and O–H groups in total. The Bertz CT molecular complexity index is 761. The van der Waals surface area contributed by atoms with Gasteiger partial charge in [0, 0.05) is 31.7 Å². The van der Waals surface area contributed by atoms with Crippen molar-refractivity contribution in [1.29, 1.82) is 0 Å². The Labute approximate surface area is 180 Å². The fourth-order valence-electron chi connectivity index (χ4n) is 3.77. The Morgan fingerprint density at radius 1 is 1.00 bits per heavy atom. The van der Waals surface area contributed by atoms with E-state index in [-0.39, 0.29) is 12.2 Å². The zero-order chi connectivity index (χ0) is 21.0. The molecule has 0 radical (unpaired) electrons. The van der Waals surface area contributed by atoms with Crippen LogP contribution in [0.2, 0.25) is 0 Å². The number of hydrogen-bond donors (Lipinski definition) is 3. The van der Waals surface area contributed by atoms with E-state index in [1.54, 1.807) is 0 Å². The van der Waals surface area contributed by atoms with Gasteiger partial charge < -0.3 is 20.3 Å². The number of likely N-dealkylation sites (N-methyl/N-ethyl adjacent to an activating group) is 1. The van der Waals surface area contributed by atoms with Gasteiger partial charge in [0.25, 0.3) is 0 Å². The summed E-state index contributed by atoms with van der Waals surface area (Å²) in [4.78, 5) is 14.9. The van der Waals surface area contributed by atoms with Crippen molar-refractivity contribution in [2.24, 2.45) is 0 Å². The topological polar surface area (TPSA) is 65.6 Å². The number of rotatable bonds is 10. The summed E-state index contributed by atoms with van der Waals surface area (Å²) in [6, 6.07) is 17.9. The molecule has 6 heteroatoms. The van der Waals surface area contributed by atoms with E-state index in [4.69, 9.17) is 4.74 Å². The van der Waals surface area contributed by atoms with Gasteiger partial charge in [-0.2, -0.15) is 0 Å². The van der Waals surface area contributed by atoms with Crippen molar-refractivity contribution in [3.63, 3.8) is 0 Å². The second-order valence-electron chi connectivity index (χ2n) is 7.69. The monoisotopic (exact) mass is 410 g/mol. The quantitative estimate of drug-likeness (QED) is 0.523. The third kappa shape index (κ3) is 7.13. The smallest absolute Gasteiger partial charge is 0.411 e. The first-order valence-electron chi connectivity index (χ1n) is 11.0. The Morgan fingerprint density at radius 3 is 2.50 bits per heavy atom. The van der Waals surface area contributed by atoms with Crippen molar-refractivity contribution >= 4 is 11.8 Å². The van der Waals surface area contributed by atoms with Crippen molar-refractivity contribution in [3.05, 3.63) is 54.6 Å². The zero-order valence-corrected chi connectivity index (χ0v) is 17.9. The van der Waals surface area contributed by atoms with E-state index in [1.807, 2.05) is 61.6 Å². The molecule has 0 spiro atoms. The summed E-state index contributed by atoms with van der Waals surface area (Å²) in [5, 5.41) is 9.51. The number of amides is 1. The van der Waals surface area contributed by atoms with Crippen LogP contribution < -0.4 is 16.0 Å². The van der Waals surface area contributed by atoms with Crippen LogP contribution in [0.3, 0.4) is 0 Å². The largest absolute Gasteiger partial charge is 0.446 e. The van der Waals surface area contributed by atoms with Crippen LogP contribution in [-0.2, 0) is 4.74 Å². The normalized spacial score (nSPS) is 15.1. The maximum atomic E-state index is 12.5. The number of carbonyl (C=O) groups excluding carboxylic acids is 1. The van der Waals surface area contributed by atoms with Gasteiger partial charge >= 0.3 is 6.09 Å². The lowest BCUT2D eigenvalue weighted by Crippen LogP contribution is -2.39. The van der Waals surface area contributed by atoms with E-state index >= 15 is 0 Å². The molecule has 30 heavy (non-hydrogen) atoms. The number of piperidine rings is 1. The summed E-state index contributed by atoms with van der Waals surface area (Å²) in [6.07, 6.45) is 2.54. The predicted octanol–water partition coefficient (Wildman–Crippen LogP) is 3.57. The van der Waals surface area contributed by atoms with E-state index in [0.717, 1.165) is 75.3 Å². The lowest BCUT2D eigenvalue weighted by molar-refractivity contribution is 0.0587. The Kier molecular flexibility index (Phi) is 9.15. The zero-order valence-electron chi connectivity index (χ0n) is 17.9. The number of hydrogen-bond acceptors (Lipinski definition) is 5. The fraction of sp³-hybridized carbons (Fsp3) is 0.458. The van der Waals surface area contributed by atoms with Crippen molar-refractivity contribution in [1.82, 2.24) is 15.5 Å².